The highest BCUT2D eigenvalue weighted by atomic mass is 127. The summed E-state index contributed by atoms with van der Waals surface area (Å²) in [6, 6.07) is 1.77. The van der Waals surface area contributed by atoms with Crippen molar-refractivity contribution in [2.75, 3.05) is 18.1 Å². The van der Waals surface area contributed by atoms with Crippen molar-refractivity contribution in [1.82, 2.24) is 10.2 Å². The van der Waals surface area contributed by atoms with E-state index in [0.29, 0.717) is 4.43 Å². The van der Waals surface area contributed by atoms with Gasteiger partial charge in [-0.2, -0.15) is 0 Å². The number of β-lactam (4-membered cyclic amide) rings is 1. The molecule has 1 fully saturated rings. The number of hydrogen-bond acceptors (Lipinski definition) is 8. The van der Waals surface area contributed by atoms with E-state index in [1.54, 1.807) is 0 Å². The molecule has 0 aromatic carbocycles. The van der Waals surface area contributed by atoms with E-state index in [1.807, 2.05) is 17.5 Å². The van der Waals surface area contributed by atoms with Crippen molar-refractivity contribution in [1.29, 1.82) is 0 Å². The van der Waals surface area contributed by atoms with Gasteiger partial charge in [-0.25, -0.2) is 9.59 Å². The summed E-state index contributed by atoms with van der Waals surface area (Å²) in [5.74, 6) is -2.08. The fraction of sp³-hybridized carbons (Fsp3) is 0.412. The number of ether oxygens (including phenoxy) is 2. The number of nitrogens with zero attached hydrogens (tertiary/aromatic N) is 1. The van der Waals surface area contributed by atoms with E-state index in [0.717, 1.165) is 4.88 Å². The second-order valence-electron chi connectivity index (χ2n) is 5.90. The molecule has 2 aliphatic rings. The first kappa shape index (κ1) is 21.1. The quantitative estimate of drug-likeness (QED) is 0.241. The van der Waals surface area contributed by atoms with Gasteiger partial charge in [0.05, 0.1) is 19.1 Å². The lowest BCUT2D eigenvalue weighted by atomic mass is 9.98. The third-order valence-electron chi connectivity index (χ3n) is 4.19. The first-order chi connectivity index (χ1) is 13.5. The van der Waals surface area contributed by atoms with Gasteiger partial charge in [-0.05, 0) is 16.9 Å². The summed E-state index contributed by atoms with van der Waals surface area (Å²) in [7, 11) is 1.19. The maximum Gasteiger partial charge on any atom is 0.337 e. The molecule has 8 nitrogen and oxygen atoms in total. The lowest BCUT2D eigenvalue weighted by Gasteiger charge is -2.51. The van der Waals surface area contributed by atoms with Gasteiger partial charge >= 0.3 is 11.9 Å². The van der Waals surface area contributed by atoms with Gasteiger partial charge in [0.1, 0.15) is 18.0 Å². The smallest absolute Gasteiger partial charge is 0.337 e. The van der Waals surface area contributed by atoms with Crippen molar-refractivity contribution in [3.8, 4) is 0 Å². The van der Waals surface area contributed by atoms with Crippen LogP contribution in [0.4, 0.5) is 0 Å². The largest absolute Gasteiger partial charge is 0.467 e. The molecule has 3 heterocycles. The van der Waals surface area contributed by atoms with Gasteiger partial charge in [0.25, 0.3) is 0 Å². The monoisotopic (exact) mass is 536 g/mol. The summed E-state index contributed by atoms with van der Waals surface area (Å²) in [5, 5.41) is 5.63. The van der Waals surface area contributed by atoms with Crippen LogP contribution in [-0.2, 0) is 35.1 Å². The number of methoxy groups -OCH3 is 1. The maximum atomic E-state index is 12.7. The molecule has 0 bridgehead atoms. The number of esters is 2. The Morgan fingerprint density at radius 3 is 2.79 bits per heavy atom. The molecule has 0 aliphatic carbocycles. The van der Waals surface area contributed by atoms with Crippen LogP contribution >= 0.6 is 45.7 Å². The molecular weight excluding hydrogens is 519 g/mol. The SMILES string of the molecule is COC(=O)C1C(C(=O)OCCI)=CS[C@@H]2C(NC(=O)Cc3cccs3)C(=O)N12. The molecule has 0 spiro atoms. The van der Waals surface area contributed by atoms with Crippen LogP contribution < -0.4 is 5.32 Å². The van der Waals surface area contributed by atoms with Crippen LogP contribution in [0.15, 0.2) is 28.5 Å². The maximum absolute atomic E-state index is 12.7. The normalized spacial score (nSPS) is 23.2. The molecule has 0 radical (unpaired) electrons. The van der Waals surface area contributed by atoms with Crippen LogP contribution in [0.2, 0.25) is 0 Å². The number of halogens is 1. The van der Waals surface area contributed by atoms with E-state index in [9.17, 15) is 19.2 Å². The van der Waals surface area contributed by atoms with Crippen LogP contribution in [0, 0.1) is 0 Å². The molecule has 3 rings (SSSR count). The molecular formula is C17H17IN2O6S2. The molecule has 150 valence electrons. The summed E-state index contributed by atoms with van der Waals surface area (Å²) in [6.45, 7) is 0.202. The number of rotatable bonds is 7. The topological polar surface area (TPSA) is 102 Å². The predicted octanol–water partition coefficient (Wildman–Crippen LogP) is 1.09. The first-order valence-electron chi connectivity index (χ1n) is 8.28. The van der Waals surface area contributed by atoms with E-state index >= 15 is 0 Å². The number of nitrogens with one attached hydrogen (secondary N) is 1. The molecule has 11 heteroatoms. The van der Waals surface area contributed by atoms with E-state index < -0.39 is 35.3 Å². The second kappa shape index (κ2) is 9.27. The highest BCUT2D eigenvalue weighted by molar-refractivity contribution is 14.1. The van der Waals surface area contributed by atoms with Gasteiger partial charge in [0.2, 0.25) is 11.8 Å². The van der Waals surface area contributed by atoms with Gasteiger partial charge in [-0.3, -0.25) is 9.59 Å². The lowest BCUT2D eigenvalue weighted by Crippen LogP contribution is -2.74. The third-order valence-corrected chi connectivity index (χ3v) is 6.67. The summed E-state index contributed by atoms with van der Waals surface area (Å²) in [6.07, 6.45) is 0.184. The van der Waals surface area contributed by atoms with Crippen LogP contribution in [0.3, 0.4) is 0 Å². The zero-order chi connectivity index (χ0) is 20.3. The van der Waals surface area contributed by atoms with E-state index in [-0.39, 0.29) is 24.5 Å². The molecule has 28 heavy (non-hydrogen) atoms. The Morgan fingerprint density at radius 2 is 2.14 bits per heavy atom. The van der Waals surface area contributed by atoms with Crippen LogP contribution in [0.5, 0.6) is 0 Å². The average molecular weight is 536 g/mol. The molecule has 2 aliphatic heterocycles. The standard InChI is InChI=1S/C17H17IN2O6S2/c1-25-17(24)13-10(16(23)26-5-4-18)8-28-15-12(14(22)20(13)15)19-11(21)7-9-3-2-6-27-9/h2-3,6,8,12-13,15H,4-5,7H2,1H3,(H,19,21)/t12?,13?,15-/m1/s1. The first-order valence-corrected chi connectivity index (χ1v) is 11.6. The van der Waals surface area contributed by atoms with Crippen molar-refractivity contribution in [3.05, 3.63) is 33.4 Å². The van der Waals surface area contributed by atoms with Crippen molar-refractivity contribution in [2.24, 2.45) is 0 Å². The van der Waals surface area contributed by atoms with E-state index in [4.69, 9.17) is 9.47 Å². The highest BCUT2D eigenvalue weighted by Gasteiger charge is 2.57. The summed E-state index contributed by atoms with van der Waals surface area (Å²) in [5.41, 5.74) is 0.0645. The van der Waals surface area contributed by atoms with Gasteiger partial charge in [-0.15, -0.1) is 23.1 Å². The van der Waals surface area contributed by atoms with Gasteiger partial charge in [0.15, 0.2) is 6.04 Å². The fourth-order valence-electron chi connectivity index (χ4n) is 2.92. The molecule has 1 aromatic rings. The lowest BCUT2D eigenvalue weighted by molar-refractivity contribution is -0.163. The van der Waals surface area contributed by atoms with Crippen molar-refractivity contribution in [2.45, 2.75) is 23.9 Å². The molecule has 1 aromatic heterocycles. The molecule has 1 saturated heterocycles. The molecule has 0 saturated carbocycles. The summed E-state index contributed by atoms with van der Waals surface area (Å²) < 4.78 is 10.5. The number of thioether (sulfide) groups is 1. The number of hydrogen-bond donors (Lipinski definition) is 1. The molecule has 2 amide bonds. The number of alkyl halides is 1. The summed E-state index contributed by atoms with van der Waals surface area (Å²) in [4.78, 5) is 51.6. The Balaban J connectivity index is 1.72. The van der Waals surface area contributed by atoms with Crippen molar-refractivity contribution in [3.63, 3.8) is 0 Å². The number of carbonyl (C=O) groups is 4. The minimum atomic E-state index is -1.17. The van der Waals surface area contributed by atoms with Crippen molar-refractivity contribution < 1.29 is 28.7 Å². The molecule has 2 unspecified atom stereocenters. The number of thiophene rings is 1. The van der Waals surface area contributed by atoms with Crippen LogP contribution in [-0.4, -0.2) is 64.3 Å². The predicted molar refractivity (Wildman–Crippen MR) is 112 cm³/mol. The van der Waals surface area contributed by atoms with Crippen LogP contribution in [0.25, 0.3) is 0 Å². The highest BCUT2D eigenvalue weighted by Crippen LogP contribution is 2.40. The Bertz CT molecular complexity index is 813. The summed E-state index contributed by atoms with van der Waals surface area (Å²) >= 11 is 4.72. The third kappa shape index (κ3) is 4.20. The van der Waals surface area contributed by atoms with E-state index in [1.165, 1.54) is 40.5 Å². The fourth-order valence-corrected chi connectivity index (χ4v) is 5.05. The number of amides is 2. The van der Waals surface area contributed by atoms with E-state index in [2.05, 4.69) is 27.9 Å². The minimum absolute atomic E-state index is 0.0645. The van der Waals surface area contributed by atoms with Gasteiger partial charge in [0, 0.05) is 9.30 Å². The zero-order valence-electron chi connectivity index (χ0n) is 14.8. The molecule has 3 atom stereocenters. The average Bonchev–Trinajstić information content (AvgIpc) is 3.21. The van der Waals surface area contributed by atoms with Gasteiger partial charge < -0.3 is 19.7 Å². The minimum Gasteiger partial charge on any atom is -0.467 e. The Hall–Kier alpha value is -1.60. The Morgan fingerprint density at radius 1 is 1.36 bits per heavy atom. The Labute approximate surface area is 183 Å². The van der Waals surface area contributed by atoms with Crippen LogP contribution in [0.1, 0.15) is 4.88 Å². The molecule has 1 N–H and O–H groups in total. The Kier molecular flexibility index (Phi) is 6.99. The zero-order valence-corrected chi connectivity index (χ0v) is 18.5. The van der Waals surface area contributed by atoms with Gasteiger partial charge in [-0.1, -0.05) is 28.7 Å². The number of fused-ring (bicyclic) bond motifs is 1. The second-order valence-corrected chi connectivity index (χ2v) is 9.00. The van der Waals surface area contributed by atoms with Crippen molar-refractivity contribution >= 4 is 69.4 Å². The number of carbonyl (C=O) groups excluding carboxylic acids is 4.